The molecular weight excluding hydrogens is 328 g/mol. The van der Waals surface area contributed by atoms with Crippen molar-refractivity contribution in [2.75, 3.05) is 0 Å². The Morgan fingerprint density at radius 3 is 2.88 bits per heavy atom. The molecule has 0 aliphatic heterocycles. The molecule has 0 spiro atoms. The normalized spacial score (nSPS) is 11.0. The summed E-state index contributed by atoms with van der Waals surface area (Å²) < 4.78 is 5.44. The molecule has 0 saturated carbocycles. The molecule has 1 N–H and O–H groups in total. The molecule has 6 heteroatoms. The summed E-state index contributed by atoms with van der Waals surface area (Å²) in [5.41, 5.74) is 3.29. The van der Waals surface area contributed by atoms with Gasteiger partial charge in [-0.2, -0.15) is 5.10 Å². The van der Waals surface area contributed by atoms with E-state index in [4.69, 9.17) is 4.42 Å². The zero-order valence-electron chi connectivity index (χ0n) is 14.3. The van der Waals surface area contributed by atoms with Gasteiger partial charge in [-0.05, 0) is 42.8 Å². The number of aromatic amines is 1. The molecule has 0 aliphatic carbocycles. The first kappa shape index (κ1) is 16.1. The summed E-state index contributed by atoms with van der Waals surface area (Å²) in [5.74, 6) is 0.570. The lowest BCUT2D eigenvalue weighted by Gasteiger charge is -2.21. The SMILES string of the molecule is Cc1ccc2[nH]nc(C(=O)N(Cc3cccnc3)Cc3ccco3)c2c1. The largest absolute Gasteiger partial charge is 0.467 e. The van der Waals surface area contributed by atoms with Gasteiger partial charge in [0.1, 0.15) is 5.76 Å². The fraction of sp³-hybridized carbons (Fsp3) is 0.150. The van der Waals surface area contributed by atoms with Crippen molar-refractivity contribution in [2.24, 2.45) is 0 Å². The first-order valence-corrected chi connectivity index (χ1v) is 8.36. The van der Waals surface area contributed by atoms with E-state index in [1.54, 1.807) is 23.6 Å². The molecule has 0 unspecified atom stereocenters. The van der Waals surface area contributed by atoms with Crippen molar-refractivity contribution in [1.82, 2.24) is 20.1 Å². The molecule has 1 amide bonds. The lowest BCUT2D eigenvalue weighted by atomic mass is 10.1. The molecule has 0 fully saturated rings. The Kier molecular flexibility index (Phi) is 4.23. The van der Waals surface area contributed by atoms with E-state index >= 15 is 0 Å². The molecule has 4 rings (SSSR count). The third-order valence-electron chi connectivity index (χ3n) is 4.23. The van der Waals surface area contributed by atoms with Crippen molar-refractivity contribution in [3.8, 4) is 0 Å². The number of carbonyl (C=O) groups is 1. The minimum absolute atomic E-state index is 0.151. The van der Waals surface area contributed by atoms with Crippen molar-refractivity contribution < 1.29 is 9.21 Å². The molecule has 0 saturated heterocycles. The Labute approximate surface area is 150 Å². The van der Waals surface area contributed by atoms with E-state index < -0.39 is 0 Å². The van der Waals surface area contributed by atoms with Gasteiger partial charge in [-0.15, -0.1) is 0 Å². The number of aryl methyl sites for hydroxylation is 1. The maximum atomic E-state index is 13.2. The Balaban J connectivity index is 1.69. The third-order valence-corrected chi connectivity index (χ3v) is 4.23. The van der Waals surface area contributed by atoms with Gasteiger partial charge in [0.15, 0.2) is 5.69 Å². The van der Waals surface area contributed by atoms with Gasteiger partial charge in [-0.25, -0.2) is 0 Å². The average molecular weight is 346 g/mol. The highest BCUT2D eigenvalue weighted by Gasteiger charge is 2.22. The van der Waals surface area contributed by atoms with Gasteiger partial charge < -0.3 is 9.32 Å². The molecule has 3 heterocycles. The first-order valence-electron chi connectivity index (χ1n) is 8.36. The number of nitrogens with zero attached hydrogens (tertiary/aromatic N) is 3. The maximum Gasteiger partial charge on any atom is 0.275 e. The highest BCUT2D eigenvalue weighted by atomic mass is 16.3. The van der Waals surface area contributed by atoms with Gasteiger partial charge in [-0.3, -0.25) is 14.9 Å². The fourth-order valence-corrected chi connectivity index (χ4v) is 2.94. The predicted molar refractivity (Wildman–Crippen MR) is 97.4 cm³/mol. The number of aromatic nitrogens is 3. The van der Waals surface area contributed by atoms with Crippen molar-refractivity contribution in [3.63, 3.8) is 0 Å². The number of nitrogens with one attached hydrogen (secondary N) is 1. The minimum Gasteiger partial charge on any atom is -0.467 e. The van der Waals surface area contributed by atoms with Crippen LogP contribution in [0.4, 0.5) is 0 Å². The number of furan rings is 1. The predicted octanol–water partition coefficient (Wildman–Crippen LogP) is 3.70. The van der Waals surface area contributed by atoms with Crippen LogP contribution < -0.4 is 0 Å². The van der Waals surface area contributed by atoms with E-state index in [0.717, 1.165) is 27.8 Å². The molecule has 6 nitrogen and oxygen atoms in total. The number of hydrogen-bond acceptors (Lipinski definition) is 4. The molecule has 4 aromatic rings. The van der Waals surface area contributed by atoms with Gasteiger partial charge >= 0.3 is 0 Å². The van der Waals surface area contributed by atoms with Crippen LogP contribution in [-0.2, 0) is 13.1 Å². The number of amides is 1. The standard InChI is InChI=1S/C20H18N4O2/c1-14-6-7-18-17(10-14)19(23-22-18)20(25)24(13-16-5-3-9-26-16)12-15-4-2-8-21-11-15/h2-11H,12-13H2,1H3,(H,22,23). The summed E-state index contributed by atoms with van der Waals surface area (Å²) in [6.45, 7) is 2.78. The van der Waals surface area contributed by atoms with E-state index in [9.17, 15) is 4.79 Å². The van der Waals surface area contributed by atoms with Crippen molar-refractivity contribution in [2.45, 2.75) is 20.0 Å². The molecule has 0 atom stereocenters. The number of carbonyl (C=O) groups excluding carboxylic acids is 1. The summed E-state index contributed by atoms with van der Waals surface area (Å²) in [6.07, 6.45) is 5.08. The van der Waals surface area contributed by atoms with Gasteiger partial charge in [0, 0.05) is 24.3 Å². The summed E-state index contributed by atoms with van der Waals surface area (Å²) in [5, 5.41) is 8.03. The Bertz CT molecular complexity index is 1020. The molecular formula is C20H18N4O2. The number of hydrogen-bond donors (Lipinski definition) is 1. The van der Waals surface area contributed by atoms with Gasteiger partial charge in [-0.1, -0.05) is 17.7 Å². The second kappa shape index (κ2) is 6.84. The van der Waals surface area contributed by atoms with E-state index in [1.165, 1.54) is 0 Å². The summed E-state index contributed by atoms with van der Waals surface area (Å²) in [6, 6.07) is 13.4. The minimum atomic E-state index is -0.151. The number of pyridine rings is 1. The Hall–Kier alpha value is -3.41. The van der Waals surface area contributed by atoms with Crippen LogP contribution in [0.1, 0.15) is 27.4 Å². The zero-order chi connectivity index (χ0) is 17.9. The molecule has 1 aromatic carbocycles. The lowest BCUT2D eigenvalue weighted by molar-refractivity contribution is 0.0713. The molecule has 0 bridgehead atoms. The highest BCUT2D eigenvalue weighted by molar-refractivity contribution is 6.04. The second-order valence-electron chi connectivity index (χ2n) is 6.22. The smallest absolute Gasteiger partial charge is 0.275 e. The zero-order valence-corrected chi connectivity index (χ0v) is 14.3. The van der Waals surface area contributed by atoms with Crippen molar-refractivity contribution in [3.05, 3.63) is 83.7 Å². The molecule has 26 heavy (non-hydrogen) atoms. The number of fused-ring (bicyclic) bond motifs is 1. The second-order valence-corrected chi connectivity index (χ2v) is 6.22. The fourth-order valence-electron chi connectivity index (χ4n) is 2.94. The van der Waals surface area contributed by atoms with Crippen LogP contribution in [0.2, 0.25) is 0 Å². The summed E-state index contributed by atoms with van der Waals surface area (Å²) in [7, 11) is 0. The number of benzene rings is 1. The quantitative estimate of drug-likeness (QED) is 0.598. The van der Waals surface area contributed by atoms with Crippen molar-refractivity contribution >= 4 is 16.8 Å². The average Bonchev–Trinajstić information content (AvgIpc) is 3.31. The summed E-state index contributed by atoms with van der Waals surface area (Å²) in [4.78, 5) is 19.1. The van der Waals surface area contributed by atoms with Crippen molar-refractivity contribution in [1.29, 1.82) is 0 Å². The molecule has 0 aliphatic rings. The number of rotatable bonds is 5. The maximum absolute atomic E-state index is 13.2. The monoisotopic (exact) mass is 346 g/mol. The highest BCUT2D eigenvalue weighted by Crippen LogP contribution is 2.21. The molecule has 130 valence electrons. The van der Waals surface area contributed by atoms with Crippen LogP contribution in [0, 0.1) is 6.92 Å². The lowest BCUT2D eigenvalue weighted by Crippen LogP contribution is -2.30. The van der Waals surface area contributed by atoms with E-state index in [1.807, 2.05) is 49.4 Å². The molecule has 0 radical (unpaired) electrons. The third kappa shape index (κ3) is 3.21. The van der Waals surface area contributed by atoms with Gasteiger partial charge in [0.2, 0.25) is 0 Å². The van der Waals surface area contributed by atoms with Crippen LogP contribution in [0.15, 0.2) is 65.5 Å². The van der Waals surface area contributed by atoms with Crippen LogP contribution in [0.3, 0.4) is 0 Å². The van der Waals surface area contributed by atoms with Crippen LogP contribution in [-0.4, -0.2) is 26.0 Å². The number of H-pyrrole nitrogens is 1. The molecule has 3 aromatic heterocycles. The van der Waals surface area contributed by atoms with Gasteiger partial charge in [0.05, 0.1) is 18.3 Å². The Morgan fingerprint density at radius 1 is 1.19 bits per heavy atom. The van der Waals surface area contributed by atoms with Gasteiger partial charge in [0.25, 0.3) is 5.91 Å². The summed E-state index contributed by atoms with van der Waals surface area (Å²) >= 11 is 0. The van der Waals surface area contributed by atoms with Crippen LogP contribution >= 0.6 is 0 Å². The van der Waals surface area contributed by atoms with Crippen LogP contribution in [0.5, 0.6) is 0 Å². The van der Waals surface area contributed by atoms with E-state index in [-0.39, 0.29) is 5.91 Å². The van der Waals surface area contributed by atoms with E-state index in [2.05, 4.69) is 15.2 Å². The topological polar surface area (TPSA) is 75.0 Å². The van der Waals surface area contributed by atoms with E-state index in [0.29, 0.717) is 18.8 Å². The Morgan fingerprint density at radius 2 is 2.12 bits per heavy atom. The van der Waals surface area contributed by atoms with Crippen LogP contribution in [0.25, 0.3) is 10.9 Å². The first-order chi connectivity index (χ1) is 12.7.